The van der Waals surface area contributed by atoms with Crippen molar-refractivity contribution in [2.45, 2.75) is 6.92 Å². The molecule has 0 unspecified atom stereocenters. The zero-order chi connectivity index (χ0) is 16.4. The van der Waals surface area contributed by atoms with Gasteiger partial charge in [-0.15, -0.1) is 5.10 Å². The number of rotatable bonds is 3. The molecule has 0 saturated carbocycles. The molecule has 5 nitrogen and oxygen atoms in total. The number of benzene rings is 2. The van der Waals surface area contributed by atoms with Gasteiger partial charge < -0.3 is 5.32 Å². The van der Waals surface area contributed by atoms with E-state index in [1.165, 1.54) is 4.80 Å². The zero-order valence-corrected chi connectivity index (χ0v) is 13.6. The first kappa shape index (κ1) is 15.5. The average molecular weight is 347 g/mol. The predicted octanol–water partition coefficient (Wildman–Crippen LogP) is 4.13. The van der Waals surface area contributed by atoms with Crippen molar-refractivity contribution in [2.24, 2.45) is 0 Å². The van der Waals surface area contributed by atoms with Crippen molar-refractivity contribution in [3.05, 3.63) is 70.0 Å². The molecule has 1 N–H and O–H groups in total. The number of nitrogens with one attached hydrogen (secondary N) is 1. The molecule has 0 aliphatic heterocycles. The van der Waals surface area contributed by atoms with Gasteiger partial charge in [0.15, 0.2) is 5.69 Å². The van der Waals surface area contributed by atoms with Crippen LogP contribution in [0.1, 0.15) is 16.2 Å². The number of carbonyl (C=O) groups excluding carboxylic acids is 1. The van der Waals surface area contributed by atoms with E-state index >= 15 is 0 Å². The molecule has 0 spiro atoms. The Morgan fingerprint density at radius 2 is 1.74 bits per heavy atom. The second kappa shape index (κ2) is 6.40. The van der Waals surface area contributed by atoms with E-state index in [1.807, 2.05) is 6.07 Å². The van der Waals surface area contributed by atoms with Crippen LogP contribution in [-0.2, 0) is 0 Å². The van der Waals surface area contributed by atoms with Crippen LogP contribution in [0.5, 0.6) is 0 Å². The lowest BCUT2D eigenvalue weighted by Crippen LogP contribution is -2.14. The van der Waals surface area contributed by atoms with Crippen molar-refractivity contribution in [2.75, 3.05) is 5.32 Å². The second-order valence-corrected chi connectivity index (χ2v) is 5.74. The van der Waals surface area contributed by atoms with Crippen molar-refractivity contribution in [3.63, 3.8) is 0 Å². The van der Waals surface area contributed by atoms with Crippen LogP contribution in [0.3, 0.4) is 0 Å². The molecule has 116 valence electrons. The molecule has 0 atom stereocenters. The molecule has 0 saturated heterocycles. The van der Waals surface area contributed by atoms with Crippen LogP contribution in [0, 0.1) is 6.92 Å². The predicted molar refractivity (Wildman–Crippen MR) is 90.5 cm³/mol. The van der Waals surface area contributed by atoms with Crippen molar-refractivity contribution >= 4 is 34.8 Å². The monoisotopic (exact) mass is 346 g/mol. The average Bonchev–Trinajstić information content (AvgIpc) is 2.89. The van der Waals surface area contributed by atoms with Crippen LogP contribution in [0.2, 0.25) is 10.0 Å². The third kappa shape index (κ3) is 3.52. The Hall–Kier alpha value is -2.37. The van der Waals surface area contributed by atoms with Gasteiger partial charge in [0.1, 0.15) is 0 Å². The Kier molecular flexibility index (Phi) is 4.32. The van der Waals surface area contributed by atoms with Crippen molar-refractivity contribution < 1.29 is 4.79 Å². The van der Waals surface area contributed by atoms with Gasteiger partial charge in [0, 0.05) is 15.7 Å². The fourth-order valence-electron chi connectivity index (χ4n) is 2.06. The minimum absolute atomic E-state index is 0.241. The molecule has 0 radical (unpaired) electrons. The van der Waals surface area contributed by atoms with E-state index in [1.54, 1.807) is 49.4 Å². The molecule has 3 aromatic rings. The number of carbonyl (C=O) groups is 1. The Morgan fingerprint density at radius 3 is 2.43 bits per heavy atom. The van der Waals surface area contributed by atoms with Gasteiger partial charge in [-0.2, -0.15) is 9.90 Å². The minimum atomic E-state index is -0.349. The quantitative estimate of drug-likeness (QED) is 0.775. The lowest BCUT2D eigenvalue weighted by Gasteiger charge is -2.03. The van der Waals surface area contributed by atoms with Gasteiger partial charge in [-0.3, -0.25) is 4.79 Å². The molecule has 0 fully saturated rings. The highest BCUT2D eigenvalue weighted by Crippen LogP contribution is 2.17. The molecule has 0 bridgehead atoms. The first-order valence-electron chi connectivity index (χ1n) is 6.80. The highest BCUT2D eigenvalue weighted by Gasteiger charge is 2.16. The summed E-state index contributed by atoms with van der Waals surface area (Å²) >= 11 is 11.9. The number of hydrogen-bond donors (Lipinski definition) is 1. The molecule has 1 aromatic heterocycles. The maximum Gasteiger partial charge on any atom is 0.278 e. The van der Waals surface area contributed by atoms with Gasteiger partial charge in [0.05, 0.1) is 11.4 Å². The number of nitrogens with zero attached hydrogens (tertiary/aromatic N) is 3. The summed E-state index contributed by atoms with van der Waals surface area (Å²) in [6.45, 7) is 1.72. The summed E-state index contributed by atoms with van der Waals surface area (Å²) in [4.78, 5) is 13.7. The molecule has 2 aromatic carbocycles. The van der Waals surface area contributed by atoms with Crippen LogP contribution < -0.4 is 5.32 Å². The third-order valence-electron chi connectivity index (χ3n) is 3.12. The molecule has 23 heavy (non-hydrogen) atoms. The first-order valence-corrected chi connectivity index (χ1v) is 7.55. The molecular formula is C16H12Cl2N4O. The smallest absolute Gasteiger partial charge is 0.278 e. The van der Waals surface area contributed by atoms with Crippen LogP contribution in [0.25, 0.3) is 5.69 Å². The molecule has 7 heteroatoms. The van der Waals surface area contributed by atoms with E-state index in [-0.39, 0.29) is 11.6 Å². The van der Waals surface area contributed by atoms with E-state index in [2.05, 4.69) is 15.5 Å². The summed E-state index contributed by atoms with van der Waals surface area (Å²) < 4.78 is 0. The Labute approximate surface area is 142 Å². The lowest BCUT2D eigenvalue weighted by molar-refractivity contribution is 0.102. The number of hydrogen-bond acceptors (Lipinski definition) is 3. The van der Waals surface area contributed by atoms with Gasteiger partial charge in [-0.1, -0.05) is 35.3 Å². The maximum atomic E-state index is 12.4. The summed E-state index contributed by atoms with van der Waals surface area (Å²) in [7, 11) is 0. The van der Waals surface area contributed by atoms with Crippen molar-refractivity contribution in [1.29, 1.82) is 0 Å². The van der Waals surface area contributed by atoms with Crippen LogP contribution in [0.15, 0.2) is 48.5 Å². The minimum Gasteiger partial charge on any atom is -0.320 e. The highest BCUT2D eigenvalue weighted by atomic mass is 35.5. The highest BCUT2D eigenvalue weighted by molar-refractivity contribution is 6.31. The first-order chi connectivity index (χ1) is 11.0. The number of anilines is 1. The van der Waals surface area contributed by atoms with Gasteiger partial charge in [0.25, 0.3) is 5.91 Å². The van der Waals surface area contributed by atoms with Crippen molar-refractivity contribution in [1.82, 2.24) is 15.0 Å². The Bertz CT molecular complexity index is 876. The normalized spacial score (nSPS) is 10.6. The van der Waals surface area contributed by atoms with E-state index in [9.17, 15) is 4.79 Å². The Morgan fingerprint density at radius 1 is 1.04 bits per heavy atom. The molecule has 3 rings (SSSR count). The molecule has 0 aliphatic carbocycles. The second-order valence-electron chi connectivity index (χ2n) is 4.87. The number of halogens is 2. The SMILES string of the molecule is Cc1nn(-c2cccc(Cl)c2)nc1C(=O)Nc1cccc(Cl)c1. The fourth-order valence-corrected chi connectivity index (χ4v) is 2.44. The van der Waals surface area contributed by atoms with E-state index < -0.39 is 0 Å². The van der Waals surface area contributed by atoms with Crippen LogP contribution >= 0.6 is 23.2 Å². The largest absolute Gasteiger partial charge is 0.320 e. The summed E-state index contributed by atoms with van der Waals surface area (Å²) in [6, 6.07) is 14.0. The zero-order valence-electron chi connectivity index (χ0n) is 12.1. The molecule has 1 heterocycles. The Balaban J connectivity index is 1.87. The molecule has 1 amide bonds. The van der Waals surface area contributed by atoms with Gasteiger partial charge in [0.2, 0.25) is 0 Å². The topological polar surface area (TPSA) is 59.8 Å². The maximum absolute atomic E-state index is 12.4. The lowest BCUT2D eigenvalue weighted by atomic mass is 10.3. The summed E-state index contributed by atoms with van der Waals surface area (Å²) in [6.07, 6.45) is 0. The van der Waals surface area contributed by atoms with Crippen LogP contribution in [-0.4, -0.2) is 20.9 Å². The number of aryl methyl sites for hydroxylation is 1. The standard InChI is InChI=1S/C16H12Cl2N4O/c1-10-15(16(23)19-13-6-2-4-11(17)8-13)21-22(20-10)14-7-3-5-12(18)9-14/h2-9H,1H3,(H,19,23). The van der Waals surface area contributed by atoms with Gasteiger partial charge >= 0.3 is 0 Å². The fraction of sp³-hybridized carbons (Fsp3) is 0.0625. The van der Waals surface area contributed by atoms with Crippen LogP contribution in [0.4, 0.5) is 5.69 Å². The summed E-state index contributed by atoms with van der Waals surface area (Å²) in [5.41, 5.74) is 2.04. The number of aromatic nitrogens is 3. The van der Waals surface area contributed by atoms with E-state index in [4.69, 9.17) is 23.2 Å². The molecule has 0 aliphatic rings. The third-order valence-corrected chi connectivity index (χ3v) is 3.59. The van der Waals surface area contributed by atoms with Crippen molar-refractivity contribution in [3.8, 4) is 5.69 Å². The summed E-state index contributed by atoms with van der Waals surface area (Å²) in [5.74, 6) is -0.349. The van der Waals surface area contributed by atoms with Gasteiger partial charge in [-0.25, -0.2) is 0 Å². The van der Waals surface area contributed by atoms with Gasteiger partial charge in [-0.05, 0) is 43.3 Å². The number of amides is 1. The van der Waals surface area contributed by atoms with E-state index in [0.717, 1.165) is 0 Å². The molecular weight excluding hydrogens is 335 g/mol. The van der Waals surface area contributed by atoms with E-state index in [0.29, 0.717) is 27.1 Å². The summed E-state index contributed by atoms with van der Waals surface area (Å²) in [5, 5.41) is 12.4.